The van der Waals surface area contributed by atoms with Crippen LogP contribution < -0.4 is 5.32 Å². The zero-order valence-electron chi connectivity index (χ0n) is 11.4. The van der Waals surface area contributed by atoms with Crippen molar-refractivity contribution in [2.75, 3.05) is 18.6 Å². The molecule has 1 rings (SSSR count). The van der Waals surface area contributed by atoms with Gasteiger partial charge in [-0.3, -0.25) is 0 Å². The van der Waals surface area contributed by atoms with Gasteiger partial charge in [-0.05, 0) is 31.5 Å². The van der Waals surface area contributed by atoms with Gasteiger partial charge in [0.15, 0.2) is 0 Å². The van der Waals surface area contributed by atoms with Gasteiger partial charge in [0.1, 0.15) is 21.4 Å². The van der Waals surface area contributed by atoms with E-state index in [-0.39, 0.29) is 11.8 Å². The van der Waals surface area contributed by atoms with Crippen LogP contribution >= 0.6 is 0 Å². The summed E-state index contributed by atoms with van der Waals surface area (Å²) in [5.41, 5.74) is 0. The lowest BCUT2D eigenvalue weighted by molar-refractivity contribution is 0.387. The maximum atomic E-state index is 11.2. The average molecular weight is 273 g/mol. The van der Waals surface area contributed by atoms with E-state index in [1.54, 1.807) is 0 Å². The van der Waals surface area contributed by atoms with Crippen LogP contribution in [0.1, 0.15) is 44.3 Å². The van der Waals surface area contributed by atoms with E-state index in [9.17, 15) is 8.42 Å². The van der Waals surface area contributed by atoms with E-state index in [0.717, 1.165) is 30.9 Å². The Balaban J connectivity index is 2.70. The smallest absolute Gasteiger partial charge is 0.147 e. The van der Waals surface area contributed by atoms with Gasteiger partial charge in [-0.25, -0.2) is 8.42 Å². The van der Waals surface area contributed by atoms with E-state index in [4.69, 9.17) is 4.42 Å². The Hall–Kier alpha value is -0.810. The van der Waals surface area contributed by atoms with Crippen molar-refractivity contribution in [1.29, 1.82) is 0 Å². The zero-order chi connectivity index (χ0) is 13.6. The predicted octanol–water partition coefficient (Wildman–Crippen LogP) is 2.32. The minimum absolute atomic E-state index is 0.0139. The Labute approximate surface area is 110 Å². The van der Waals surface area contributed by atoms with Crippen LogP contribution in [0, 0.1) is 0 Å². The van der Waals surface area contributed by atoms with Gasteiger partial charge < -0.3 is 9.73 Å². The van der Waals surface area contributed by atoms with Crippen LogP contribution in [-0.4, -0.2) is 27.0 Å². The largest absolute Gasteiger partial charge is 0.464 e. The summed E-state index contributed by atoms with van der Waals surface area (Å²) in [6, 6.07) is 3.88. The van der Waals surface area contributed by atoms with Crippen LogP contribution in [0.2, 0.25) is 0 Å². The van der Waals surface area contributed by atoms with Gasteiger partial charge in [-0.1, -0.05) is 13.8 Å². The molecule has 0 spiro atoms. The zero-order valence-corrected chi connectivity index (χ0v) is 12.2. The molecule has 0 amide bonds. The Morgan fingerprint density at radius 2 is 2.06 bits per heavy atom. The first kappa shape index (κ1) is 15.2. The molecule has 0 saturated heterocycles. The number of sulfone groups is 1. The number of nitrogens with one attached hydrogen (secondary N) is 1. The van der Waals surface area contributed by atoms with E-state index >= 15 is 0 Å². The molecule has 1 atom stereocenters. The highest BCUT2D eigenvalue weighted by Gasteiger charge is 2.17. The molecular formula is C13H23NO3S. The number of hydrogen-bond donors (Lipinski definition) is 1. The van der Waals surface area contributed by atoms with Crippen LogP contribution in [0.4, 0.5) is 0 Å². The molecule has 1 N–H and O–H groups in total. The van der Waals surface area contributed by atoms with Crippen molar-refractivity contribution in [2.24, 2.45) is 0 Å². The third-order valence-electron chi connectivity index (χ3n) is 2.79. The second-order valence-electron chi connectivity index (χ2n) is 4.58. The maximum absolute atomic E-state index is 11.2. The lowest BCUT2D eigenvalue weighted by Crippen LogP contribution is -2.24. The highest BCUT2D eigenvalue weighted by Crippen LogP contribution is 2.20. The molecule has 1 heterocycles. The van der Waals surface area contributed by atoms with Crippen molar-refractivity contribution < 1.29 is 12.8 Å². The van der Waals surface area contributed by atoms with Crippen LogP contribution in [0.5, 0.6) is 0 Å². The first-order valence-electron chi connectivity index (χ1n) is 6.46. The van der Waals surface area contributed by atoms with E-state index in [2.05, 4.69) is 12.2 Å². The first-order chi connectivity index (χ1) is 8.46. The third kappa shape index (κ3) is 5.23. The minimum atomic E-state index is -2.93. The highest BCUT2D eigenvalue weighted by molar-refractivity contribution is 7.90. The van der Waals surface area contributed by atoms with Gasteiger partial charge >= 0.3 is 0 Å². The fraction of sp³-hybridized carbons (Fsp3) is 0.692. The number of hydrogen-bond acceptors (Lipinski definition) is 4. The molecule has 1 aromatic heterocycles. The number of aryl methyl sites for hydroxylation is 1. The Bertz CT molecular complexity index is 451. The van der Waals surface area contributed by atoms with Crippen molar-refractivity contribution in [3.05, 3.63) is 23.7 Å². The normalized spacial score (nSPS) is 13.7. The van der Waals surface area contributed by atoms with Crippen molar-refractivity contribution >= 4 is 9.84 Å². The fourth-order valence-corrected chi connectivity index (χ4v) is 2.43. The Kier molecular flexibility index (Phi) is 5.88. The average Bonchev–Trinajstić information content (AvgIpc) is 2.76. The lowest BCUT2D eigenvalue weighted by atomic mass is 10.1. The molecule has 4 nitrogen and oxygen atoms in total. The van der Waals surface area contributed by atoms with Gasteiger partial charge in [-0.15, -0.1) is 0 Å². The van der Waals surface area contributed by atoms with E-state index in [0.29, 0.717) is 6.42 Å². The molecule has 0 fully saturated rings. The lowest BCUT2D eigenvalue weighted by Gasteiger charge is -2.15. The van der Waals surface area contributed by atoms with E-state index in [1.165, 1.54) is 6.26 Å². The van der Waals surface area contributed by atoms with Gasteiger partial charge in [0.05, 0.1) is 11.8 Å². The topological polar surface area (TPSA) is 59.3 Å². The maximum Gasteiger partial charge on any atom is 0.147 e. The predicted molar refractivity (Wildman–Crippen MR) is 73.4 cm³/mol. The molecule has 0 aliphatic carbocycles. The van der Waals surface area contributed by atoms with Crippen molar-refractivity contribution in [3.63, 3.8) is 0 Å². The minimum Gasteiger partial charge on any atom is -0.464 e. The molecule has 0 radical (unpaired) electrons. The van der Waals surface area contributed by atoms with E-state index in [1.807, 2.05) is 19.1 Å². The molecule has 104 valence electrons. The molecule has 0 aliphatic rings. The summed E-state index contributed by atoms with van der Waals surface area (Å²) >= 11 is 0. The molecule has 1 aromatic rings. The van der Waals surface area contributed by atoms with Gasteiger partial charge in [0, 0.05) is 12.7 Å². The van der Waals surface area contributed by atoms with Crippen molar-refractivity contribution in [3.8, 4) is 0 Å². The Morgan fingerprint density at radius 1 is 1.33 bits per heavy atom. The summed E-state index contributed by atoms with van der Waals surface area (Å²) in [6.07, 6.45) is 3.68. The molecule has 0 bridgehead atoms. The standard InChI is InChI=1S/C13H23NO3S/c1-4-9-14-12(8-10-18(3,15)16)13-7-6-11(5-2)17-13/h6-7,12,14H,4-5,8-10H2,1-3H3. The SMILES string of the molecule is CCCNC(CCS(C)(=O)=O)c1ccc(CC)o1. The number of furan rings is 1. The van der Waals surface area contributed by atoms with E-state index < -0.39 is 9.84 Å². The number of rotatable bonds is 8. The van der Waals surface area contributed by atoms with Gasteiger partial charge in [0.25, 0.3) is 0 Å². The molecule has 0 aromatic carbocycles. The van der Waals surface area contributed by atoms with Crippen molar-refractivity contribution in [2.45, 2.75) is 39.2 Å². The Morgan fingerprint density at radius 3 is 2.56 bits per heavy atom. The van der Waals surface area contributed by atoms with Gasteiger partial charge in [-0.2, -0.15) is 0 Å². The summed E-state index contributed by atoms with van der Waals surface area (Å²) in [4.78, 5) is 0. The third-order valence-corrected chi connectivity index (χ3v) is 3.77. The fourth-order valence-electron chi connectivity index (χ4n) is 1.77. The first-order valence-corrected chi connectivity index (χ1v) is 8.52. The summed E-state index contributed by atoms with van der Waals surface area (Å²) in [6.45, 7) is 4.98. The highest BCUT2D eigenvalue weighted by atomic mass is 32.2. The second kappa shape index (κ2) is 6.95. The van der Waals surface area contributed by atoms with Crippen LogP contribution in [-0.2, 0) is 16.3 Å². The van der Waals surface area contributed by atoms with Crippen LogP contribution in [0.3, 0.4) is 0 Å². The molecule has 1 unspecified atom stereocenters. The molecular weight excluding hydrogens is 250 g/mol. The van der Waals surface area contributed by atoms with Gasteiger partial charge in [0.2, 0.25) is 0 Å². The summed E-state index contributed by atoms with van der Waals surface area (Å²) in [7, 11) is -2.93. The monoisotopic (exact) mass is 273 g/mol. The summed E-state index contributed by atoms with van der Waals surface area (Å²) in [5.74, 6) is 1.95. The molecule has 0 aliphatic heterocycles. The van der Waals surface area contributed by atoms with Crippen LogP contribution in [0.25, 0.3) is 0 Å². The van der Waals surface area contributed by atoms with Crippen molar-refractivity contribution in [1.82, 2.24) is 5.32 Å². The molecule has 0 saturated carbocycles. The molecule has 18 heavy (non-hydrogen) atoms. The second-order valence-corrected chi connectivity index (χ2v) is 6.84. The van der Waals surface area contributed by atoms with Crippen LogP contribution in [0.15, 0.2) is 16.5 Å². The summed E-state index contributed by atoms with van der Waals surface area (Å²) in [5, 5.41) is 3.34. The molecule has 5 heteroatoms. The quantitative estimate of drug-likeness (QED) is 0.789. The summed E-state index contributed by atoms with van der Waals surface area (Å²) < 4.78 is 28.2.